The molecule has 1 aliphatic heterocycles. The highest BCUT2D eigenvalue weighted by molar-refractivity contribution is 7.45. The van der Waals surface area contributed by atoms with Crippen LogP contribution in [0.5, 0.6) is 0 Å². The summed E-state index contributed by atoms with van der Waals surface area (Å²) in [7, 11) is -13.9. The van der Waals surface area contributed by atoms with Crippen molar-refractivity contribution in [2.24, 2.45) is 0 Å². The van der Waals surface area contributed by atoms with Crippen LogP contribution in [0.2, 0.25) is 0 Å². The number of nitrogens with zero attached hydrogens (tertiary/aromatic N) is 2. The molecule has 1 fully saturated rings. The molecule has 1 aromatic rings. The van der Waals surface area contributed by atoms with E-state index in [1.54, 1.807) is 0 Å². The van der Waals surface area contributed by atoms with Crippen LogP contribution in [0.1, 0.15) is 13.7 Å². The number of nitrogen functional groups attached to an aromatic ring is 1. The van der Waals surface area contributed by atoms with Gasteiger partial charge in [0.25, 0.3) is 6.43 Å². The summed E-state index contributed by atoms with van der Waals surface area (Å²) in [5.74, 6) is -0.0874. The van der Waals surface area contributed by atoms with Gasteiger partial charge >= 0.3 is 29.2 Å². The SMILES string of the molecule is C.Nc1ccn([C@@H]2O[C@@H](C(F)F)[C@@H](O)[C@H]2F)c(=O)n1.O=P(O)(O)O.O=P(O)(O)O.O=P(O)(O)O. The number of nitrogens with two attached hydrogens (primary N) is 1. The predicted molar refractivity (Wildman–Crippen MR) is 103 cm³/mol. The Bertz CT molecular complexity index is 861. The summed E-state index contributed by atoms with van der Waals surface area (Å²) in [5, 5.41) is 9.26. The molecule has 0 radical (unpaired) electrons. The number of halogens is 3. The molecule has 0 unspecified atom stereocenters. The Labute approximate surface area is 187 Å². The zero-order valence-corrected chi connectivity index (χ0v) is 18.2. The summed E-state index contributed by atoms with van der Waals surface area (Å²) in [4.78, 5) is 79.4. The van der Waals surface area contributed by atoms with Gasteiger partial charge in [-0.25, -0.2) is 31.7 Å². The lowest BCUT2D eigenvalue weighted by molar-refractivity contribution is -0.0980. The van der Waals surface area contributed by atoms with E-state index in [0.717, 1.165) is 6.20 Å². The van der Waals surface area contributed by atoms with Crippen LogP contribution in [0.25, 0.3) is 0 Å². The number of alkyl halides is 3. The molecular weight excluding hydrogens is 552 g/mol. The van der Waals surface area contributed by atoms with Gasteiger partial charge in [-0.05, 0) is 6.07 Å². The second-order valence-electron chi connectivity index (χ2n) is 5.34. The van der Waals surface area contributed by atoms with Crippen molar-refractivity contribution in [3.05, 3.63) is 22.7 Å². The van der Waals surface area contributed by atoms with E-state index in [4.69, 9.17) is 63.5 Å². The van der Waals surface area contributed by atoms with Crippen LogP contribution in [0.3, 0.4) is 0 Å². The highest BCUT2D eigenvalue weighted by Crippen LogP contribution is 2.33. The fraction of sp³-hybridized carbons (Fsp3) is 0.600. The Kier molecular flexibility index (Phi) is 16.4. The second kappa shape index (κ2) is 15.0. The van der Waals surface area contributed by atoms with E-state index in [-0.39, 0.29) is 13.2 Å². The molecule has 1 saturated heterocycles. The number of phosphoric acid groups is 3. The zero-order chi connectivity index (χ0) is 26.9. The van der Waals surface area contributed by atoms with Crippen LogP contribution in [-0.2, 0) is 18.4 Å². The lowest BCUT2D eigenvalue weighted by atomic mass is 10.1. The van der Waals surface area contributed by atoms with Crippen molar-refractivity contribution in [1.29, 1.82) is 0 Å². The molecule has 204 valence electrons. The second-order valence-corrected chi connectivity index (χ2v) is 8.42. The van der Waals surface area contributed by atoms with Crippen molar-refractivity contribution in [2.75, 3.05) is 5.73 Å². The summed E-state index contributed by atoms with van der Waals surface area (Å²) in [6.45, 7) is 0. The third-order valence-electron chi connectivity index (χ3n) is 2.61. The fourth-order valence-electron chi connectivity index (χ4n) is 1.71. The van der Waals surface area contributed by atoms with Crippen molar-refractivity contribution in [2.45, 2.75) is 38.5 Å². The van der Waals surface area contributed by atoms with E-state index in [2.05, 4.69) is 9.72 Å². The van der Waals surface area contributed by atoms with Crippen LogP contribution in [-0.4, -0.2) is 83.5 Å². The topological polar surface area (TPSA) is 324 Å². The molecule has 0 amide bonds. The van der Waals surface area contributed by atoms with Crippen LogP contribution in [0, 0.1) is 0 Å². The normalized spacial score (nSPS) is 22.2. The van der Waals surface area contributed by atoms with Crippen LogP contribution >= 0.6 is 23.5 Å². The lowest BCUT2D eigenvalue weighted by Crippen LogP contribution is -2.34. The summed E-state index contributed by atoms with van der Waals surface area (Å²) in [6.07, 6.45) is -9.75. The van der Waals surface area contributed by atoms with Gasteiger partial charge in [-0.15, -0.1) is 0 Å². The fourth-order valence-corrected chi connectivity index (χ4v) is 1.71. The minimum atomic E-state index is -4.64. The van der Waals surface area contributed by atoms with Gasteiger partial charge in [0.2, 0.25) is 0 Å². The average molecular weight is 575 g/mol. The number of aliphatic hydroxyl groups is 1. The molecule has 0 aliphatic carbocycles. The number of rotatable bonds is 2. The van der Waals surface area contributed by atoms with Crippen LogP contribution in [0.15, 0.2) is 17.1 Å². The molecule has 0 bridgehead atoms. The number of anilines is 1. The first-order valence-electron chi connectivity index (χ1n) is 7.37. The number of hydrogen-bond donors (Lipinski definition) is 11. The largest absolute Gasteiger partial charge is 0.466 e. The van der Waals surface area contributed by atoms with E-state index in [1.807, 2.05) is 0 Å². The summed E-state index contributed by atoms with van der Waals surface area (Å²) in [5.41, 5.74) is 4.30. The molecule has 24 heteroatoms. The van der Waals surface area contributed by atoms with Gasteiger partial charge in [-0.1, -0.05) is 7.43 Å². The summed E-state index contributed by atoms with van der Waals surface area (Å²) >= 11 is 0. The quantitative estimate of drug-likeness (QED) is 0.163. The van der Waals surface area contributed by atoms with Gasteiger partial charge in [0.1, 0.15) is 18.0 Å². The average Bonchev–Trinajstić information content (AvgIpc) is 2.79. The van der Waals surface area contributed by atoms with Crippen molar-refractivity contribution < 1.29 is 80.8 Å². The highest BCUT2D eigenvalue weighted by atomic mass is 31.2. The highest BCUT2D eigenvalue weighted by Gasteiger charge is 2.49. The summed E-state index contributed by atoms with van der Waals surface area (Å²) < 4.78 is 70.5. The standard InChI is InChI=1S/C9H10F3N3O3.CH4.3H3O4P/c10-4-5(16)6(7(11)12)18-8(4)15-2-1-3(13)14-9(15)17;;3*1-5(2,3)4/h1-2,4-8,16H,(H2,13,14,17);1H4;3*(H3,1,2,3,4)/t4-,5+,6-,8-;;;;/m1..../s1. The first kappa shape index (κ1) is 37.3. The molecule has 0 saturated carbocycles. The molecule has 0 aromatic carbocycles. The number of aromatic nitrogens is 2. The minimum Gasteiger partial charge on any atom is -0.387 e. The van der Waals surface area contributed by atoms with E-state index < -0.39 is 60.2 Å². The summed E-state index contributed by atoms with van der Waals surface area (Å²) in [6, 6.07) is 1.19. The Balaban J connectivity index is -0.000000496. The van der Waals surface area contributed by atoms with Gasteiger partial charge in [-0.2, -0.15) is 4.98 Å². The first-order chi connectivity index (χ1) is 14.4. The van der Waals surface area contributed by atoms with Crippen molar-refractivity contribution >= 4 is 29.3 Å². The Morgan fingerprint density at radius 1 is 0.971 bits per heavy atom. The smallest absolute Gasteiger partial charge is 0.387 e. The molecule has 18 nitrogen and oxygen atoms in total. The minimum absolute atomic E-state index is 0. The zero-order valence-electron chi connectivity index (χ0n) is 15.5. The molecule has 2 rings (SSSR count). The lowest BCUT2D eigenvalue weighted by Gasteiger charge is -2.15. The van der Waals surface area contributed by atoms with E-state index >= 15 is 0 Å². The maximum absolute atomic E-state index is 13.6. The molecular formula is C10H23F3N3O15P3. The van der Waals surface area contributed by atoms with Gasteiger partial charge in [0, 0.05) is 6.20 Å². The van der Waals surface area contributed by atoms with Gasteiger partial charge in [-0.3, -0.25) is 4.57 Å². The first-order valence-corrected chi connectivity index (χ1v) is 12.1. The number of ether oxygens (including phenoxy) is 1. The Morgan fingerprint density at radius 2 is 1.32 bits per heavy atom. The molecule has 0 spiro atoms. The van der Waals surface area contributed by atoms with Crippen LogP contribution in [0.4, 0.5) is 19.0 Å². The van der Waals surface area contributed by atoms with Gasteiger partial charge in [0.05, 0.1) is 0 Å². The maximum Gasteiger partial charge on any atom is 0.466 e. The third-order valence-corrected chi connectivity index (χ3v) is 2.61. The molecule has 4 atom stereocenters. The Morgan fingerprint density at radius 3 is 1.59 bits per heavy atom. The molecule has 2 heterocycles. The van der Waals surface area contributed by atoms with Crippen molar-refractivity contribution in [3.8, 4) is 0 Å². The monoisotopic (exact) mass is 575 g/mol. The molecule has 1 aromatic heterocycles. The molecule has 34 heavy (non-hydrogen) atoms. The number of aliphatic hydroxyl groups excluding tert-OH is 1. The van der Waals surface area contributed by atoms with E-state index in [9.17, 15) is 23.1 Å². The number of hydrogen-bond acceptors (Lipinski definition) is 8. The van der Waals surface area contributed by atoms with Crippen LogP contribution < -0.4 is 11.4 Å². The van der Waals surface area contributed by atoms with E-state index in [1.165, 1.54) is 6.07 Å². The van der Waals surface area contributed by atoms with Gasteiger partial charge < -0.3 is 59.6 Å². The Hall–Kier alpha value is -1.28. The van der Waals surface area contributed by atoms with Crippen molar-refractivity contribution in [1.82, 2.24) is 9.55 Å². The third kappa shape index (κ3) is 21.3. The maximum atomic E-state index is 13.6. The molecule has 1 aliphatic rings. The van der Waals surface area contributed by atoms with Crippen molar-refractivity contribution in [3.63, 3.8) is 0 Å². The van der Waals surface area contributed by atoms with Gasteiger partial charge in [0.15, 0.2) is 12.4 Å². The molecule has 12 N–H and O–H groups in total. The predicted octanol–water partition coefficient (Wildman–Crippen LogP) is -2.46. The van der Waals surface area contributed by atoms with E-state index in [0.29, 0.717) is 4.57 Å².